The van der Waals surface area contributed by atoms with Crippen LogP contribution < -0.4 is 5.32 Å². The van der Waals surface area contributed by atoms with Crippen LogP contribution in [0.2, 0.25) is 0 Å². The van der Waals surface area contributed by atoms with Crippen molar-refractivity contribution in [2.24, 2.45) is 10.9 Å². The van der Waals surface area contributed by atoms with E-state index in [1.807, 2.05) is 37.3 Å². The highest BCUT2D eigenvalue weighted by atomic mass is 16.5. The SMILES string of the molecule is COC(=O)C1CC(C(=O)NC(C)c2ccccc2)=C(C)N=C1C. The molecular formula is C18H22N2O3. The Balaban J connectivity index is 2.15. The first-order chi connectivity index (χ1) is 10.9. The van der Waals surface area contributed by atoms with Crippen molar-refractivity contribution in [3.05, 3.63) is 47.2 Å². The smallest absolute Gasteiger partial charge is 0.314 e. The summed E-state index contributed by atoms with van der Waals surface area (Å²) in [7, 11) is 1.35. The molecule has 2 unspecified atom stereocenters. The van der Waals surface area contributed by atoms with E-state index in [0.717, 1.165) is 5.56 Å². The number of nitrogens with zero attached hydrogens (tertiary/aromatic N) is 1. The molecule has 5 heteroatoms. The predicted molar refractivity (Wildman–Crippen MR) is 88.9 cm³/mol. The van der Waals surface area contributed by atoms with Crippen LogP contribution in [0, 0.1) is 5.92 Å². The van der Waals surface area contributed by atoms with E-state index in [4.69, 9.17) is 4.74 Å². The lowest BCUT2D eigenvalue weighted by atomic mass is 9.90. The molecule has 1 aliphatic heterocycles. The zero-order chi connectivity index (χ0) is 17.0. The van der Waals surface area contributed by atoms with Crippen molar-refractivity contribution in [3.8, 4) is 0 Å². The molecule has 23 heavy (non-hydrogen) atoms. The Morgan fingerprint density at radius 3 is 2.52 bits per heavy atom. The zero-order valence-electron chi connectivity index (χ0n) is 13.9. The van der Waals surface area contributed by atoms with E-state index in [1.54, 1.807) is 13.8 Å². The third-order valence-corrected chi connectivity index (χ3v) is 4.10. The second kappa shape index (κ2) is 7.22. The van der Waals surface area contributed by atoms with Crippen molar-refractivity contribution in [1.29, 1.82) is 0 Å². The number of methoxy groups -OCH3 is 1. The van der Waals surface area contributed by atoms with Gasteiger partial charge in [-0.05, 0) is 32.8 Å². The maximum Gasteiger partial charge on any atom is 0.314 e. The number of benzene rings is 1. The van der Waals surface area contributed by atoms with Crippen LogP contribution >= 0.6 is 0 Å². The Bertz CT molecular complexity index is 662. The fourth-order valence-corrected chi connectivity index (χ4v) is 2.67. The second-order valence-electron chi connectivity index (χ2n) is 5.70. The molecular weight excluding hydrogens is 292 g/mol. The highest BCUT2D eigenvalue weighted by Crippen LogP contribution is 2.26. The standard InChI is InChI=1S/C18H22N2O3/c1-11(14-8-6-5-7-9-14)20-17(21)15-10-16(18(22)23-4)13(3)19-12(15)2/h5-9,11,16H,10H2,1-4H3,(H,20,21). The van der Waals surface area contributed by atoms with Crippen molar-refractivity contribution >= 4 is 17.6 Å². The van der Waals surface area contributed by atoms with E-state index in [9.17, 15) is 9.59 Å². The fraction of sp³-hybridized carbons (Fsp3) is 0.389. The third kappa shape index (κ3) is 3.86. The van der Waals surface area contributed by atoms with Crippen LogP contribution in [-0.2, 0) is 14.3 Å². The fourth-order valence-electron chi connectivity index (χ4n) is 2.67. The monoisotopic (exact) mass is 314 g/mol. The molecule has 1 heterocycles. The van der Waals surface area contributed by atoms with Gasteiger partial charge in [0.05, 0.1) is 19.1 Å². The van der Waals surface area contributed by atoms with Crippen molar-refractivity contribution < 1.29 is 14.3 Å². The number of aliphatic imine (C=N–C) groups is 1. The van der Waals surface area contributed by atoms with Gasteiger partial charge in [0.2, 0.25) is 5.91 Å². The Kier molecular flexibility index (Phi) is 5.32. The summed E-state index contributed by atoms with van der Waals surface area (Å²) in [5, 5.41) is 2.97. The molecule has 1 amide bonds. The number of carbonyl (C=O) groups excluding carboxylic acids is 2. The number of hydrogen-bond acceptors (Lipinski definition) is 4. The minimum absolute atomic E-state index is 0.118. The first-order valence-electron chi connectivity index (χ1n) is 7.62. The Morgan fingerprint density at radius 1 is 1.26 bits per heavy atom. The summed E-state index contributed by atoms with van der Waals surface area (Å²) in [6.07, 6.45) is 0.321. The summed E-state index contributed by atoms with van der Waals surface area (Å²) in [6, 6.07) is 9.62. The molecule has 0 aliphatic carbocycles. The van der Waals surface area contributed by atoms with E-state index in [1.165, 1.54) is 7.11 Å². The number of ether oxygens (including phenoxy) is 1. The van der Waals surface area contributed by atoms with Crippen molar-refractivity contribution in [2.45, 2.75) is 33.2 Å². The van der Waals surface area contributed by atoms with Gasteiger partial charge in [0.25, 0.3) is 0 Å². The number of nitrogens with one attached hydrogen (secondary N) is 1. The van der Waals surface area contributed by atoms with Gasteiger partial charge in [-0.1, -0.05) is 30.3 Å². The minimum atomic E-state index is -0.489. The van der Waals surface area contributed by atoms with Gasteiger partial charge in [-0.25, -0.2) is 0 Å². The van der Waals surface area contributed by atoms with Gasteiger partial charge in [0.1, 0.15) is 0 Å². The molecule has 0 saturated carbocycles. The molecule has 2 atom stereocenters. The molecule has 0 fully saturated rings. The highest BCUT2D eigenvalue weighted by molar-refractivity contribution is 6.05. The molecule has 1 N–H and O–H groups in total. The van der Waals surface area contributed by atoms with Crippen LogP contribution in [0.25, 0.3) is 0 Å². The van der Waals surface area contributed by atoms with Gasteiger partial charge in [-0.15, -0.1) is 0 Å². The zero-order valence-corrected chi connectivity index (χ0v) is 13.9. The number of hydrogen-bond donors (Lipinski definition) is 1. The van der Waals surface area contributed by atoms with Gasteiger partial charge < -0.3 is 10.1 Å². The van der Waals surface area contributed by atoms with Gasteiger partial charge in [-0.2, -0.15) is 0 Å². The number of allylic oxidation sites excluding steroid dienone is 1. The molecule has 5 nitrogen and oxygen atoms in total. The molecule has 122 valence electrons. The Hall–Kier alpha value is -2.43. The van der Waals surface area contributed by atoms with Crippen LogP contribution in [0.1, 0.15) is 38.8 Å². The minimum Gasteiger partial charge on any atom is -0.469 e. The van der Waals surface area contributed by atoms with Crippen LogP contribution in [0.5, 0.6) is 0 Å². The Morgan fingerprint density at radius 2 is 1.91 bits per heavy atom. The van der Waals surface area contributed by atoms with Gasteiger partial charge in [0.15, 0.2) is 0 Å². The normalized spacial score (nSPS) is 19.0. The lowest BCUT2D eigenvalue weighted by Gasteiger charge is -2.23. The molecule has 1 aromatic rings. The third-order valence-electron chi connectivity index (χ3n) is 4.10. The summed E-state index contributed by atoms with van der Waals surface area (Å²) in [5.74, 6) is -1.04. The average molecular weight is 314 g/mol. The van der Waals surface area contributed by atoms with E-state index in [2.05, 4.69) is 10.3 Å². The molecule has 0 radical (unpaired) electrons. The van der Waals surface area contributed by atoms with E-state index in [-0.39, 0.29) is 17.9 Å². The summed E-state index contributed by atoms with van der Waals surface area (Å²) < 4.78 is 4.80. The number of esters is 1. The lowest BCUT2D eigenvalue weighted by molar-refractivity contribution is -0.143. The van der Waals surface area contributed by atoms with Crippen LogP contribution in [-0.4, -0.2) is 24.7 Å². The summed E-state index contributed by atoms with van der Waals surface area (Å²) in [5.41, 5.74) is 2.90. The number of rotatable bonds is 4. The highest BCUT2D eigenvalue weighted by Gasteiger charge is 2.31. The van der Waals surface area contributed by atoms with Gasteiger partial charge in [0, 0.05) is 17.0 Å². The quantitative estimate of drug-likeness (QED) is 0.869. The summed E-state index contributed by atoms with van der Waals surface area (Å²) in [6.45, 7) is 5.50. The first-order valence-corrected chi connectivity index (χ1v) is 7.62. The maximum absolute atomic E-state index is 12.6. The van der Waals surface area contributed by atoms with Crippen molar-refractivity contribution in [1.82, 2.24) is 5.32 Å². The van der Waals surface area contributed by atoms with Crippen LogP contribution in [0.3, 0.4) is 0 Å². The number of amides is 1. The summed E-state index contributed by atoms with van der Waals surface area (Å²) in [4.78, 5) is 28.8. The van der Waals surface area contributed by atoms with Gasteiger partial charge in [-0.3, -0.25) is 14.6 Å². The molecule has 2 rings (SSSR count). The molecule has 0 aromatic heterocycles. The van der Waals surface area contributed by atoms with Gasteiger partial charge >= 0.3 is 5.97 Å². The maximum atomic E-state index is 12.6. The summed E-state index contributed by atoms with van der Waals surface area (Å²) >= 11 is 0. The van der Waals surface area contributed by atoms with Crippen LogP contribution in [0.4, 0.5) is 0 Å². The van der Waals surface area contributed by atoms with E-state index in [0.29, 0.717) is 23.4 Å². The molecule has 0 saturated heterocycles. The molecule has 0 spiro atoms. The molecule has 1 aliphatic rings. The second-order valence-corrected chi connectivity index (χ2v) is 5.70. The van der Waals surface area contributed by atoms with Crippen molar-refractivity contribution in [3.63, 3.8) is 0 Å². The van der Waals surface area contributed by atoms with Crippen LogP contribution in [0.15, 0.2) is 46.6 Å². The average Bonchev–Trinajstić information content (AvgIpc) is 2.54. The van der Waals surface area contributed by atoms with E-state index < -0.39 is 5.92 Å². The topological polar surface area (TPSA) is 67.8 Å². The van der Waals surface area contributed by atoms with Crippen molar-refractivity contribution in [2.75, 3.05) is 7.11 Å². The predicted octanol–water partition coefficient (Wildman–Crippen LogP) is 2.79. The first kappa shape index (κ1) is 16.9. The Labute approximate surface area is 136 Å². The molecule has 1 aromatic carbocycles. The molecule has 0 bridgehead atoms. The van der Waals surface area contributed by atoms with E-state index >= 15 is 0 Å². The lowest BCUT2D eigenvalue weighted by Crippen LogP contribution is -2.34. The number of carbonyl (C=O) groups is 2. The largest absolute Gasteiger partial charge is 0.469 e.